The molecule has 0 heterocycles. The average molecular weight is 266 g/mol. The van der Waals surface area contributed by atoms with Gasteiger partial charge in [-0.25, -0.2) is 0 Å². The van der Waals surface area contributed by atoms with Crippen molar-refractivity contribution >= 4 is 0 Å². The van der Waals surface area contributed by atoms with Gasteiger partial charge in [-0.05, 0) is 30.2 Å². The van der Waals surface area contributed by atoms with Crippen LogP contribution >= 0.6 is 0 Å². The first-order valence-electron chi connectivity index (χ1n) is 5.80. The number of alkyl halides is 3. The highest BCUT2D eigenvalue weighted by Crippen LogP contribution is 2.31. The molecule has 0 fully saturated rings. The molecule has 1 N–H and O–H groups in total. The number of hydrogen-bond acceptors (Lipinski definition) is 1. The van der Waals surface area contributed by atoms with E-state index in [1.54, 1.807) is 12.1 Å². The van der Waals surface area contributed by atoms with Crippen molar-refractivity contribution < 1.29 is 18.3 Å². The van der Waals surface area contributed by atoms with E-state index in [1.165, 1.54) is 12.1 Å². The van der Waals surface area contributed by atoms with Crippen LogP contribution in [0.25, 0.3) is 0 Å². The molecule has 0 aliphatic rings. The first-order valence-corrected chi connectivity index (χ1v) is 5.80. The largest absolute Gasteiger partial charge is 0.416 e. The summed E-state index contributed by atoms with van der Waals surface area (Å²) in [6, 6.07) is 11.8. The maximum Gasteiger partial charge on any atom is 0.416 e. The van der Waals surface area contributed by atoms with E-state index in [1.807, 2.05) is 19.1 Å². The Morgan fingerprint density at radius 1 is 0.842 bits per heavy atom. The third kappa shape index (κ3) is 3.15. The lowest BCUT2D eigenvalue weighted by molar-refractivity contribution is -0.137. The number of hydrogen-bond donors (Lipinski definition) is 1. The second-order valence-electron chi connectivity index (χ2n) is 4.43. The molecule has 0 aliphatic carbocycles. The van der Waals surface area contributed by atoms with Gasteiger partial charge in [0.25, 0.3) is 0 Å². The Labute approximate surface area is 109 Å². The molecule has 2 rings (SSSR count). The average Bonchev–Trinajstić information content (AvgIpc) is 2.38. The van der Waals surface area contributed by atoms with Crippen molar-refractivity contribution in [3.63, 3.8) is 0 Å². The van der Waals surface area contributed by atoms with E-state index in [9.17, 15) is 18.3 Å². The van der Waals surface area contributed by atoms with Crippen LogP contribution in [0, 0.1) is 6.92 Å². The van der Waals surface area contributed by atoms with Gasteiger partial charge in [-0.1, -0.05) is 42.0 Å². The molecule has 19 heavy (non-hydrogen) atoms. The highest BCUT2D eigenvalue weighted by Gasteiger charge is 2.30. The first kappa shape index (κ1) is 13.6. The van der Waals surface area contributed by atoms with Gasteiger partial charge in [-0.3, -0.25) is 0 Å². The molecule has 4 heteroatoms. The van der Waals surface area contributed by atoms with Crippen molar-refractivity contribution in [1.29, 1.82) is 0 Å². The topological polar surface area (TPSA) is 20.2 Å². The summed E-state index contributed by atoms with van der Waals surface area (Å²) in [6.45, 7) is 1.92. The molecule has 2 aromatic carbocycles. The first-order chi connectivity index (χ1) is 8.88. The van der Waals surface area contributed by atoms with Gasteiger partial charge in [0.2, 0.25) is 0 Å². The van der Waals surface area contributed by atoms with E-state index in [2.05, 4.69) is 0 Å². The predicted octanol–water partition coefficient (Wildman–Crippen LogP) is 4.10. The van der Waals surface area contributed by atoms with Crippen LogP contribution in [0.3, 0.4) is 0 Å². The number of benzene rings is 2. The molecule has 100 valence electrons. The maximum atomic E-state index is 12.4. The molecular formula is C15H13F3O. The fraction of sp³-hybridized carbons (Fsp3) is 0.200. The van der Waals surface area contributed by atoms with Crippen LogP contribution in [-0.4, -0.2) is 5.11 Å². The summed E-state index contributed by atoms with van der Waals surface area (Å²) in [5.74, 6) is 0. The zero-order valence-corrected chi connectivity index (χ0v) is 10.3. The molecular weight excluding hydrogens is 253 g/mol. The molecule has 1 nitrogen and oxygen atoms in total. The van der Waals surface area contributed by atoms with E-state index >= 15 is 0 Å². The summed E-state index contributed by atoms with van der Waals surface area (Å²) >= 11 is 0. The van der Waals surface area contributed by atoms with Crippen LogP contribution in [0.5, 0.6) is 0 Å². The third-order valence-electron chi connectivity index (χ3n) is 2.95. The number of aliphatic hydroxyl groups excluding tert-OH is 1. The molecule has 0 aromatic heterocycles. The predicted molar refractivity (Wildman–Crippen MR) is 66.7 cm³/mol. The van der Waals surface area contributed by atoms with Crippen LogP contribution in [0.4, 0.5) is 13.2 Å². The minimum absolute atomic E-state index is 0.442. The molecule has 0 unspecified atom stereocenters. The lowest BCUT2D eigenvalue weighted by atomic mass is 9.99. The van der Waals surface area contributed by atoms with Crippen molar-refractivity contribution in [2.75, 3.05) is 0 Å². The zero-order chi connectivity index (χ0) is 14.0. The number of aliphatic hydroxyl groups is 1. The summed E-state index contributed by atoms with van der Waals surface area (Å²) in [7, 11) is 0. The minimum atomic E-state index is -4.35. The SMILES string of the molecule is Cc1ccc([C@H](O)c2ccc(C(F)(F)F)cc2)cc1. The molecule has 0 amide bonds. The van der Waals surface area contributed by atoms with Crippen LogP contribution in [0.15, 0.2) is 48.5 Å². The zero-order valence-electron chi connectivity index (χ0n) is 10.3. The van der Waals surface area contributed by atoms with E-state index in [4.69, 9.17) is 0 Å². The molecule has 1 atom stereocenters. The van der Waals surface area contributed by atoms with Gasteiger partial charge in [-0.2, -0.15) is 13.2 Å². The fourth-order valence-electron chi connectivity index (χ4n) is 1.80. The van der Waals surface area contributed by atoms with Crippen molar-refractivity contribution in [3.05, 3.63) is 70.8 Å². The van der Waals surface area contributed by atoms with E-state index in [0.29, 0.717) is 11.1 Å². The van der Waals surface area contributed by atoms with Crippen molar-refractivity contribution in [2.24, 2.45) is 0 Å². The van der Waals surface area contributed by atoms with E-state index < -0.39 is 17.8 Å². The van der Waals surface area contributed by atoms with E-state index in [-0.39, 0.29) is 0 Å². The summed E-state index contributed by atoms with van der Waals surface area (Å²) in [4.78, 5) is 0. The van der Waals surface area contributed by atoms with Crippen molar-refractivity contribution in [2.45, 2.75) is 19.2 Å². The van der Waals surface area contributed by atoms with Crippen LogP contribution in [0.2, 0.25) is 0 Å². The second kappa shape index (κ2) is 5.05. The molecule has 0 saturated heterocycles. The maximum absolute atomic E-state index is 12.4. The Kier molecular flexibility index (Phi) is 3.62. The molecule has 0 bridgehead atoms. The van der Waals surface area contributed by atoms with Crippen molar-refractivity contribution in [3.8, 4) is 0 Å². The normalized spacial score (nSPS) is 13.3. The number of aryl methyl sites for hydroxylation is 1. The number of rotatable bonds is 2. The molecule has 0 spiro atoms. The second-order valence-corrected chi connectivity index (χ2v) is 4.43. The molecule has 2 aromatic rings. The Bertz CT molecular complexity index is 541. The van der Waals surface area contributed by atoms with Crippen molar-refractivity contribution in [1.82, 2.24) is 0 Å². The van der Waals surface area contributed by atoms with Gasteiger partial charge >= 0.3 is 6.18 Å². The molecule has 0 radical (unpaired) electrons. The van der Waals surface area contributed by atoms with Crippen LogP contribution in [-0.2, 0) is 6.18 Å². The van der Waals surface area contributed by atoms with Gasteiger partial charge in [0, 0.05) is 0 Å². The van der Waals surface area contributed by atoms with Gasteiger partial charge in [0.1, 0.15) is 6.10 Å². The summed E-state index contributed by atoms with van der Waals surface area (Å²) in [5.41, 5.74) is 1.44. The summed E-state index contributed by atoms with van der Waals surface area (Å²) in [5, 5.41) is 10.1. The van der Waals surface area contributed by atoms with Gasteiger partial charge in [0.15, 0.2) is 0 Å². The standard InChI is InChI=1S/C15H13F3O/c1-10-2-4-11(5-3-10)14(19)12-6-8-13(9-7-12)15(16,17)18/h2-9,14,19H,1H3/t14-/m0/s1. The number of halogens is 3. The monoisotopic (exact) mass is 266 g/mol. The van der Waals surface area contributed by atoms with Gasteiger partial charge in [-0.15, -0.1) is 0 Å². The fourth-order valence-corrected chi connectivity index (χ4v) is 1.80. The third-order valence-corrected chi connectivity index (χ3v) is 2.95. The van der Waals surface area contributed by atoms with Crippen LogP contribution in [0.1, 0.15) is 28.4 Å². The van der Waals surface area contributed by atoms with Gasteiger partial charge < -0.3 is 5.11 Å². The van der Waals surface area contributed by atoms with Gasteiger partial charge in [0.05, 0.1) is 5.56 Å². The molecule has 0 saturated carbocycles. The Morgan fingerprint density at radius 2 is 1.26 bits per heavy atom. The Balaban J connectivity index is 2.25. The Morgan fingerprint density at radius 3 is 1.68 bits per heavy atom. The van der Waals surface area contributed by atoms with Crippen LogP contribution < -0.4 is 0 Å². The highest BCUT2D eigenvalue weighted by atomic mass is 19.4. The van der Waals surface area contributed by atoms with E-state index in [0.717, 1.165) is 17.7 Å². The quantitative estimate of drug-likeness (QED) is 0.867. The molecule has 0 aliphatic heterocycles. The smallest absolute Gasteiger partial charge is 0.384 e. The minimum Gasteiger partial charge on any atom is -0.384 e. The summed E-state index contributed by atoms with van der Waals surface area (Å²) in [6.07, 6.45) is -5.27. The summed E-state index contributed by atoms with van der Waals surface area (Å²) < 4.78 is 37.3. The highest BCUT2D eigenvalue weighted by molar-refractivity contribution is 5.33. The lowest BCUT2D eigenvalue weighted by Gasteiger charge is -2.13. The lowest BCUT2D eigenvalue weighted by Crippen LogP contribution is -2.06. The Hall–Kier alpha value is -1.81.